The number of rotatable bonds is 4. The second-order valence-corrected chi connectivity index (χ2v) is 6.52. The van der Waals surface area contributed by atoms with Crippen LogP contribution in [0, 0.1) is 0 Å². The highest BCUT2D eigenvalue weighted by Crippen LogP contribution is 2.43. The molecule has 1 amide bonds. The van der Waals surface area contributed by atoms with E-state index in [1.807, 2.05) is 30.3 Å². The Balaban J connectivity index is 1.97. The average Bonchev–Trinajstić information content (AvgIpc) is 2.96. The number of carbonyl (C=O) groups is 1. The number of benzene rings is 2. The fourth-order valence-electron chi connectivity index (χ4n) is 2.56. The fourth-order valence-corrected chi connectivity index (χ4v) is 3.85. The first-order chi connectivity index (χ1) is 11.1. The van der Waals surface area contributed by atoms with Gasteiger partial charge in [0.05, 0.1) is 20.0 Å². The fraction of sp³-hybridized carbons (Fsp3) is 0.235. The first-order valence-corrected chi connectivity index (χ1v) is 8.48. The van der Waals surface area contributed by atoms with Crippen LogP contribution in [0.4, 0.5) is 5.69 Å². The summed E-state index contributed by atoms with van der Waals surface area (Å²) in [5, 5.41) is 0.555. The number of amides is 1. The van der Waals surface area contributed by atoms with E-state index in [2.05, 4.69) is 0 Å². The predicted molar refractivity (Wildman–Crippen MR) is 93.7 cm³/mol. The molecule has 0 bridgehead atoms. The van der Waals surface area contributed by atoms with Crippen LogP contribution in [-0.2, 0) is 4.79 Å². The summed E-state index contributed by atoms with van der Waals surface area (Å²) in [7, 11) is 3.21. The van der Waals surface area contributed by atoms with Crippen molar-refractivity contribution in [3.05, 3.63) is 53.1 Å². The number of anilines is 1. The largest absolute Gasteiger partial charge is 0.493 e. The second kappa shape index (κ2) is 6.72. The Morgan fingerprint density at radius 3 is 2.43 bits per heavy atom. The van der Waals surface area contributed by atoms with Gasteiger partial charge in [-0.25, -0.2) is 0 Å². The Labute approximate surface area is 144 Å². The molecule has 3 rings (SSSR count). The van der Waals surface area contributed by atoms with Gasteiger partial charge in [0.25, 0.3) is 0 Å². The van der Waals surface area contributed by atoms with E-state index in [9.17, 15) is 4.79 Å². The first-order valence-electron chi connectivity index (χ1n) is 7.05. The van der Waals surface area contributed by atoms with Gasteiger partial charge in [-0.2, -0.15) is 0 Å². The zero-order valence-electron chi connectivity index (χ0n) is 12.8. The normalized spacial score (nSPS) is 17.4. The van der Waals surface area contributed by atoms with E-state index >= 15 is 0 Å². The van der Waals surface area contributed by atoms with Gasteiger partial charge >= 0.3 is 0 Å². The van der Waals surface area contributed by atoms with Crippen LogP contribution < -0.4 is 14.4 Å². The first kappa shape index (κ1) is 16.0. The van der Waals surface area contributed by atoms with Crippen LogP contribution in [0.2, 0.25) is 5.02 Å². The molecule has 1 heterocycles. The van der Waals surface area contributed by atoms with Crippen LogP contribution in [0.25, 0.3) is 0 Å². The van der Waals surface area contributed by atoms with Gasteiger partial charge in [0, 0.05) is 10.7 Å². The van der Waals surface area contributed by atoms with E-state index in [0.29, 0.717) is 22.3 Å². The summed E-state index contributed by atoms with van der Waals surface area (Å²) >= 11 is 7.53. The van der Waals surface area contributed by atoms with E-state index in [-0.39, 0.29) is 11.3 Å². The summed E-state index contributed by atoms with van der Waals surface area (Å²) in [5.41, 5.74) is 1.83. The van der Waals surface area contributed by atoms with Gasteiger partial charge in [-0.15, -0.1) is 11.8 Å². The van der Waals surface area contributed by atoms with Gasteiger partial charge in [0.1, 0.15) is 5.37 Å². The smallest absolute Gasteiger partial charge is 0.238 e. The third kappa shape index (κ3) is 3.12. The Morgan fingerprint density at radius 2 is 1.78 bits per heavy atom. The van der Waals surface area contributed by atoms with Gasteiger partial charge in [-0.1, -0.05) is 17.7 Å². The van der Waals surface area contributed by atoms with Crippen LogP contribution in [0.1, 0.15) is 10.9 Å². The number of halogens is 1. The van der Waals surface area contributed by atoms with Crippen LogP contribution >= 0.6 is 23.4 Å². The minimum Gasteiger partial charge on any atom is -0.493 e. The number of methoxy groups -OCH3 is 2. The van der Waals surface area contributed by atoms with Gasteiger partial charge in [0.2, 0.25) is 5.91 Å². The van der Waals surface area contributed by atoms with Crippen molar-refractivity contribution in [1.82, 2.24) is 0 Å². The van der Waals surface area contributed by atoms with Crippen LogP contribution in [0.3, 0.4) is 0 Å². The van der Waals surface area contributed by atoms with Crippen molar-refractivity contribution in [2.75, 3.05) is 24.9 Å². The SMILES string of the molecule is COc1ccc(C2SCC(=O)N2c2ccc(Cl)cc2)cc1OC. The molecule has 1 aliphatic rings. The molecule has 4 nitrogen and oxygen atoms in total. The molecule has 1 unspecified atom stereocenters. The highest BCUT2D eigenvalue weighted by molar-refractivity contribution is 8.00. The van der Waals surface area contributed by atoms with E-state index in [4.69, 9.17) is 21.1 Å². The zero-order valence-corrected chi connectivity index (χ0v) is 14.4. The number of nitrogens with zero attached hydrogens (tertiary/aromatic N) is 1. The third-order valence-electron chi connectivity index (χ3n) is 3.67. The average molecular weight is 350 g/mol. The zero-order chi connectivity index (χ0) is 16.4. The third-order valence-corrected chi connectivity index (χ3v) is 5.13. The van der Waals surface area contributed by atoms with Gasteiger partial charge in [-0.05, 0) is 42.0 Å². The molecule has 0 radical (unpaired) electrons. The molecule has 0 N–H and O–H groups in total. The van der Waals surface area contributed by atoms with Crippen LogP contribution in [-0.4, -0.2) is 25.9 Å². The number of ether oxygens (including phenoxy) is 2. The molecule has 120 valence electrons. The maximum Gasteiger partial charge on any atom is 0.238 e. The lowest BCUT2D eigenvalue weighted by Crippen LogP contribution is -2.27. The molecule has 0 spiro atoms. The lowest BCUT2D eigenvalue weighted by molar-refractivity contribution is -0.115. The number of hydrogen-bond donors (Lipinski definition) is 0. The number of thioether (sulfide) groups is 1. The van der Waals surface area contributed by atoms with Crippen molar-refractivity contribution < 1.29 is 14.3 Å². The second-order valence-electron chi connectivity index (χ2n) is 5.02. The predicted octanol–water partition coefficient (Wildman–Crippen LogP) is 4.14. The molecule has 2 aromatic rings. The Kier molecular flexibility index (Phi) is 4.68. The lowest BCUT2D eigenvalue weighted by atomic mass is 10.1. The lowest BCUT2D eigenvalue weighted by Gasteiger charge is -2.25. The van der Waals surface area contributed by atoms with Crippen molar-refractivity contribution in [3.63, 3.8) is 0 Å². The molecule has 1 fully saturated rings. The number of carbonyl (C=O) groups excluding carboxylic acids is 1. The Morgan fingerprint density at radius 1 is 1.09 bits per heavy atom. The van der Waals surface area contributed by atoms with E-state index < -0.39 is 0 Å². The Bertz CT molecular complexity index is 720. The maximum atomic E-state index is 12.3. The molecule has 6 heteroatoms. The molecule has 0 saturated carbocycles. The molecule has 1 atom stereocenters. The molecule has 23 heavy (non-hydrogen) atoms. The standard InChI is InChI=1S/C17H16ClNO3S/c1-21-14-8-3-11(9-15(14)22-2)17-19(16(20)10-23-17)13-6-4-12(18)5-7-13/h3-9,17H,10H2,1-2H3. The van der Waals surface area contributed by atoms with E-state index in [1.165, 1.54) is 0 Å². The van der Waals surface area contributed by atoms with E-state index in [1.54, 1.807) is 43.0 Å². The minimum atomic E-state index is -0.0940. The molecule has 1 aliphatic heterocycles. The molecular formula is C17H16ClNO3S. The topological polar surface area (TPSA) is 38.8 Å². The van der Waals surface area contributed by atoms with Crippen molar-refractivity contribution in [3.8, 4) is 11.5 Å². The Hall–Kier alpha value is -1.85. The summed E-state index contributed by atoms with van der Waals surface area (Å²) in [5.74, 6) is 1.85. The summed E-state index contributed by atoms with van der Waals surface area (Å²) in [4.78, 5) is 14.1. The molecule has 1 saturated heterocycles. The van der Waals surface area contributed by atoms with Crippen molar-refractivity contribution in [2.45, 2.75) is 5.37 Å². The minimum absolute atomic E-state index is 0.0807. The van der Waals surface area contributed by atoms with Gasteiger partial charge in [-0.3, -0.25) is 9.69 Å². The van der Waals surface area contributed by atoms with Crippen LogP contribution in [0.5, 0.6) is 11.5 Å². The van der Waals surface area contributed by atoms with Gasteiger partial charge in [0.15, 0.2) is 11.5 Å². The van der Waals surface area contributed by atoms with Crippen LogP contribution in [0.15, 0.2) is 42.5 Å². The summed E-state index contributed by atoms with van der Waals surface area (Å²) in [6, 6.07) is 13.0. The highest BCUT2D eigenvalue weighted by atomic mass is 35.5. The van der Waals surface area contributed by atoms with Crippen molar-refractivity contribution >= 4 is 35.0 Å². The van der Waals surface area contributed by atoms with E-state index in [0.717, 1.165) is 11.3 Å². The molecule has 0 aromatic heterocycles. The number of hydrogen-bond acceptors (Lipinski definition) is 4. The molecular weight excluding hydrogens is 334 g/mol. The molecule has 0 aliphatic carbocycles. The van der Waals surface area contributed by atoms with Crippen molar-refractivity contribution in [2.24, 2.45) is 0 Å². The maximum absolute atomic E-state index is 12.3. The summed E-state index contributed by atoms with van der Waals surface area (Å²) < 4.78 is 10.6. The summed E-state index contributed by atoms with van der Waals surface area (Å²) in [6.07, 6.45) is 0. The molecule has 2 aromatic carbocycles. The van der Waals surface area contributed by atoms with Crippen molar-refractivity contribution in [1.29, 1.82) is 0 Å². The summed E-state index contributed by atoms with van der Waals surface area (Å²) in [6.45, 7) is 0. The van der Waals surface area contributed by atoms with Gasteiger partial charge < -0.3 is 9.47 Å². The quantitative estimate of drug-likeness (QED) is 0.831. The highest BCUT2D eigenvalue weighted by Gasteiger charge is 2.34. The monoisotopic (exact) mass is 349 g/mol.